The smallest absolute Gasteiger partial charge is 0.000884 e. The molecule has 326 valence electrons. The minimum atomic E-state index is -1.11. The first-order valence-electron chi connectivity index (χ1n) is 23.2. The lowest BCUT2D eigenvalue weighted by Gasteiger charge is -2.33. The molecule has 8 aromatic carbocycles. The van der Waals surface area contributed by atoms with E-state index in [1.54, 1.807) is 0 Å². The summed E-state index contributed by atoms with van der Waals surface area (Å²) in [5, 5.41) is 13.5. The predicted molar refractivity (Wildman–Crippen MR) is 289 cm³/mol. The van der Waals surface area contributed by atoms with Gasteiger partial charge >= 0.3 is 0 Å². The quantitative estimate of drug-likeness (QED) is 0.140. The number of hydrogen-bond acceptors (Lipinski definition) is 0. The van der Waals surface area contributed by atoms with Gasteiger partial charge in [-0.15, -0.1) is 0 Å². The van der Waals surface area contributed by atoms with Crippen molar-refractivity contribution in [2.24, 2.45) is 0 Å². The Labute approximate surface area is 388 Å². The fraction of sp³-hybridized carbons (Fsp3) is 0.290. The predicted octanol–water partition coefficient (Wildman–Crippen LogP) is 15.0. The Balaban J connectivity index is 1.59. The van der Waals surface area contributed by atoms with Gasteiger partial charge in [-0.3, -0.25) is 0 Å². The number of hydrogen-bond donors (Lipinski definition) is 0. The molecule has 0 aliphatic rings. The average molecular weight is 875 g/mol. The first-order chi connectivity index (χ1) is 30.1. The van der Waals surface area contributed by atoms with Crippen molar-refractivity contribution in [2.75, 3.05) is 0 Å². The Hall–Kier alpha value is -4.86. The van der Waals surface area contributed by atoms with Gasteiger partial charge in [0.1, 0.15) is 0 Å². The second kappa shape index (κ2) is 17.2. The second-order valence-electron chi connectivity index (χ2n) is 22.2. The van der Waals surface area contributed by atoms with Crippen molar-refractivity contribution < 1.29 is 0 Å². The molecule has 0 unspecified atom stereocenters. The Bertz CT molecular complexity index is 2790. The standard InChI is InChI=1S/C62H68P2/c1-41-23-29-49(30-24-41)63(50-31-25-42(2)26-32-50)55-33-27-43-19-15-17-21-53(43)57(55)58-54-22-18-16-20-44(54)28-34-56(58)64(51-37-45(59(3,4)5)35-46(38-51)60(6,7)8)52-39-47(61(9,10)11)36-48(40-52)62(12,13)14/h15-40H,1-14H3. The van der Waals surface area contributed by atoms with Crippen LogP contribution in [0.25, 0.3) is 32.7 Å². The molecule has 0 saturated heterocycles. The third kappa shape index (κ3) is 9.30. The molecule has 0 spiro atoms. The molecule has 0 aliphatic heterocycles. The lowest BCUT2D eigenvalue weighted by molar-refractivity contribution is 0.569. The summed E-state index contributed by atoms with van der Waals surface area (Å²) in [6.07, 6.45) is 0. The highest BCUT2D eigenvalue weighted by Crippen LogP contribution is 2.47. The van der Waals surface area contributed by atoms with Gasteiger partial charge in [0.05, 0.1) is 0 Å². The third-order valence-electron chi connectivity index (χ3n) is 12.9. The van der Waals surface area contributed by atoms with E-state index < -0.39 is 15.8 Å². The van der Waals surface area contributed by atoms with Crippen molar-refractivity contribution in [2.45, 2.75) is 119 Å². The summed E-state index contributed by atoms with van der Waals surface area (Å²) in [7, 11) is -2.07. The van der Waals surface area contributed by atoms with Gasteiger partial charge in [0.15, 0.2) is 0 Å². The maximum Gasteiger partial charge on any atom is -0.000884 e. The van der Waals surface area contributed by atoms with Crippen molar-refractivity contribution >= 4 is 69.2 Å². The zero-order valence-electron chi connectivity index (χ0n) is 40.9. The molecule has 0 radical (unpaired) electrons. The van der Waals surface area contributed by atoms with Gasteiger partial charge in [-0.1, -0.05) is 252 Å². The van der Waals surface area contributed by atoms with E-state index >= 15 is 0 Å². The SMILES string of the molecule is Cc1ccc(P(c2ccc(C)cc2)c2ccc3ccccc3c2-c2c(P(c3cc(C(C)(C)C)cc(C(C)(C)C)c3)c3cc(C(C)(C)C)cc(C(C)(C)C)c3)ccc3ccccc23)cc1. The summed E-state index contributed by atoms with van der Waals surface area (Å²) < 4.78 is 0. The van der Waals surface area contributed by atoms with Crippen LogP contribution in [0.3, 0.4) is 0 Å². The summed E-state index contributed by atoms with van der Waals surface area (Å²) in [4.78, 5) is 0. The van der Waals surface area contributed by atoms with Crippen LogP contribution in [0.2, 0.25) is 0 Å². The molecule has 64 heavy (non-hydrogen) atoms. The molecule has 0 heterocycles. The highest BCUT2D eigenvalue weighted by Gasteiger charge is 2.32. The molecule has 0 amide bonds. The number of rotatable bonds is 7. The molecular weight excluding hydrogens is 807 g/mol. The Morgan fingerprint density at radius 1 is 0.297 bits per heavy atom. The van der Waals surface area contributed by atoms with Gasteiger partial charge in [-0.05, 0) is 138 Å². The van der Waals surface area contributed by atoms with Crippen LogP contribution < -0.4 is 31.8 Å². The van der Waals surface area contributed by atoms with E-state index in [1.807, 2.05) is 0 Å². The summed E-state index contributed by atoms with van der Waals surface area (Å²) in [6, 6.07) is 62.1. The molecule has 0 saturated carbocycles. The summed E-state index contributed by atoms with van der Waals surface area (Å²) >= 11 is 0. The van der Waals surface area contributed by atoms with Crippen molar-refractivity contribution in [3.63, 3.8) is 0 Å². The molecule has 0 N–H and O–H groups in total. The van der Waals surface area contributed by atoms with E-state index in [2.05, 4.69) is 255 Å². The van der Waals surface area contributed by atoms with E-state index in [0.717, 1.165) is 0 Å². The van der Waals surface area contributed by atoms with Crippen molar-refractivity contribution in [1.29, 1.82) is 0 Å². The van der Waals surface area contributed by atoms with E-state index in [4.69, 9.17) is 0 Å². The third-order valence-corrected chi connectivity index (χ3v) is 17.8. The van der Waals surface area contributed by atoms with Crippen molar-refractivity contribution in [1.82, 2.24) is 0 Å². The molecular formula is C62H68P2. The Morgan fingerprint density at radius 2 is 0.594 bits per heavy atom. The van der Waals surface area contributed by atoms with Gasteiger partial charge < -0.3 is 0 Å². The van der Waals surface area contributed by atoms with E-state index in [9.17, 15) is 0 Å². The maximum absolute atomic E-state index is 2.58. The zero-order valence-corrected chi connectivity index (χ0v) is 42.7. The molecule has 8 aromatic rings. The first kappa shape index (κ1) is 45.7. The van der Waals surface area contributed by atoms with Gasteiger partial charge in [0.2, 0.25) is 0 Å². The van der Waals surface area contributed by atoms with Crippen molar-refractivity contribution in [3.05, 3.63) is 191 Å². The Morgan fingerprint density at radius 3 is 0.906 bits per heavy atom. The van der Waals surface area contributed by atoms with Gasteiger partial charge in [-0.2, -0.15) is 0 Å². The number of fused-ring (bicyclic) bond motifs is 2. The first-order valence-corrected chi connectivity index (χ1v) is 25.9. The minimum Gasteiger partial charge on any atom is -0.0616 e. The summed E-state index contributed by atoms with van der Waals surface area (Å²) in [6.45, 7) is 32.9. The van der Waals surface area contributed by atoms with Crippen LogP contribution in [0.1, 0.15) is 116 Å². The van der Waals surface area contributed by atoms with Crippen LogP contribution >= 0.6 is 15.8 Å². The monoisotopic (exact) mass is 874 g/mol. The Kier molecular flexibility index (Phi) is 12.3. The molecule has 0 aliphatic carbocycles. The second-order valence-corrected chi connectivity index (χ2v) is 26.6. The highest BCUT2D eigenvalue weighted by molar-refractivity contribution is 7.81. The number of aryl methyl sites for hydroxylation is 2. The fourth-order valence-electron chi connectivity index (χ4n) is 8.87. The topological polar surface area (TPSA) is 0 Å². The molecule has 0 fully saturated rings. The van der Waals surface area contributed by atoms with Crippen LogP contribution in [0.5, 0.6) is 0 Å². The van der Waals surface area contributed by atoms with Crippen LogP contribution in [-0.2, 0) is 21.7 Å². The van der Waals surface area contributed by atoms with Crippen LogP contribution in [0, 0.1) is 13.8 Å². The lowest BCUT2D eigenvalue weighted by atomic mass is 9.81. The van der Waals surface area contributed by atoms with Gasteiger partial charge in [-0.25, -0.2) is 0 Å². The van der Waals surface area contributed by atoms with Gasteiger partial charge in [0, 0.05) is 0 Å². The minimum absolute atomic E-state index is 0.0340. The number of benzene rings is 8. The van der Waals surface area contributed by atoms with Gasteiger partial charge in [0.25, 0.3) is 0 Å². The normalized spacial score (nSPS) is 12.8. The maximum atomic E-state index is 2.58. The molecule has 0 bridgehead atoms. The molecule has 0 atom stereocenters. The zero-order chi connectivity index (χ0) is 45.9. The molecule has 0 nitrogen and oxygen atoms in total. The van der Waals surface area contributed by atoms with Crippen LogP contribution in [0.4, 0.5) is 0 Å². The molecule has 8 rings (SSSR count). The van der Waals surface area contributed by atoms with E-state index in [1.165, 1.54) is 97.9 Å². The molecule has 2 heteroatoms. The highest BCUT2D eigenvalue weighted by atomic mass is 31.1. The average Bonchev–Trinajstić information content (AvgIpc) is 3.24. The van der Waals surface area contributed by atoms with Crippen molar-refractivity contribution in [3.8, 4) is 11.1 Å². The van der Waals surface area contributed by atoms with Crippen LogP contribution in [-0.4, -0.2) is 0 Å². The van der Waals surface area contributed by atoms with E-state index in [0.29, 0.717) is 0 Å². The van der Waals surface area contributed by atoms with E-state index in [-0.39, 0.29) is 21.7 Å². The fourth-order valence-corrected chi connectivity index (χ4v) is 13.9. The molecule has 0 aromatic heterocycles. The van der Waals surface area contributed by atoms with Crippen LogP contribution in [0.15, 0.2) is 158 Å². The summed E-state index contributed by atoms with van der Waals surface area (Å²) in [5.74, 6) is 0. The summed E-state index contributed by atoms with van der Waals surface area (Å²) in [5.41, 5.74) is 10.7. The lowest BCUT2D eigenvalue weighted by Crippen LogP contribution is -2.29. The largest absolute Gasteiger partial charge is 0.0616 e.